The molecule has 0 radical (unpaired) electrons. The van der Waals surface area contributed by atoms with E-state index in [2.05, 4.69) is 31.7 Å². The summed E-state index contributed by atoms with van der Waals surface area (Å²) >= 11 is 0. The molecule has 1 aromatic heterocycles. The second-order valence-electron chi connectivity index (χ2n) is 10.4. The van der Waals surface area contributed by atoms with Crippen molar-refractivity contribution in [1.29, 1.82) is 5.26 Å². The Labute approximate surface area is 198 Å². The molecule has 180 valence electrons. The molecule has 1 aliphatic carbocycles. The van der Waals surface area contributed by atoms with Crippen LogP contribution in [0.25, 0.3) is 0 Å². The van der Waals surface area contributed by atoms with Crippen LogP contribution in [0, 0.1) is 11.3 Å². The number of fused-ring (bicyclic) bond motifs is 1. The normalized spacial score (nSPS) is 23.2. The summed E-state index contributed by atoms with van der Waals surface area (Å²) in [6, 6.07) is 2.57. The number of nitrogens with zero attached hydrogens (tertiary/aromatic N) is 4. The fraction of sp³-hybridized carbons (Fsp3) is 0.731. The van der Waals surface area contributed by atoms with Crippen LogP contribution >= 0.6 is 0 Å². The highest BCUT2D eigenvalue weighted by atomic mass is 16.5. The lowest BCUT2D eigenvalue weighted by molar-refractivity contribution is -0.134. The maximum Gasteiger partial charge on any atom is 0.225 e. The van der Waals surface area contributed by atoms with Crippen molar-refractivity contribution >= 4 is 11.7 Å². The standard InChI is InChI=1S/C26H38N4O3/c1-18-16-29(11-12-30(18)23(31)10-13-32-4)25-21(15-27)20-14-26(2,3)33-17-22(20)24(28-25)19-8-6-5-7-9-19/h18-19H,5-14,16-17H2,1-4H3/t18-/m1/s1. The number of methoxy groups -OCH3 is 1. The van der Waals surface area contributed by atoms with Crippen LogP contribution in [0.3, 0.4) is 0 Å². The van der Waals surface area contributed by atoms with Gasteiger partial charge in [-0.3, -0.25) is 4.79 Å². The Bertz CT molecular complexity index is 917. The summed E-state index contributed by atoms with van der Waals surface area (Å²) in [7, 11) is 1.62. The highest BCUT2D eigenvalue weighted by Gasteiger charge is 2.36. The first-order valence-corrected chi connectivity index (χ1v) is 12.5. The molecular weight excluding hydrogens is 416 g/mol. The number of hydrogen-bond donors (Lipinski definition) is 0. The summed E-state index contributed by atoms with van der Waals surface area (Å²) in [5.41, 5.74) is 3.85. The lowest BCUT2D eigenvalue weighted by Gasteiger charge is -2.42. The monoisotopic (exact) mass is 454 g/mol. The summed E-state index contributed by atoms with van der Waals surface area (Å²) < 4.78 is 11.3. The Balaban J connectivity index is 1.68. The van der Waals surface area contributed by atoms with Crippen molar-refractivity contribution in [3.8, 4) is 6.07 Å². The molecule has 0 aromatic carbocycles. The smallest absolute Gasteiger partial charge is 0.225 e. The van der Waals surface area contributed by atoms with Crippen molar-refractivity contribution in [2.75, 3.05) is 38.3 Å². The lowest BCUT2D eigenvalue weighted by Crippen LogP contribution is -2.54. The number of anilines is 1. The first-order chi connectivity index (χ1) is 15.8. The van der Waals surface area contributed by atoms with Crippen molar-refractivity contribution in [2.24, 2.45) is 0 Å². The minimum atomic E-state index is -0.291. The van der Waals surface area contributed by atoms with Crippen molar-refractivity contribution < 1.29 is 14.3 Å². The third-order valence-electron chi connectivity index (χ3n) is 7.51. The van der Waals surface area contributed by atoms with Crippen LogP contribution in [0.5, 0.6) is 0 Å². The van der Waals surface area contributed by atoms with E-state index in [4.69, 9.17) is 14.5 Å². The van der Waals surface area contributed by atoms with Gasteiger partial charge in [-0.2, -0.15) is 5.26 Å². The molecule has 0 spiro atoms. The van der Waals surface area contributed by atoms with E-state index >= 15 is 0 Å². The van der Waals surface area contributed by atoms with Crippen LogP contribution in [0.1, 0.15) is 87.6 Å². The topological polar surface area (TPSA) is 78.7 Å². The number of piperazine rings is 1. The number of pyridine rings is 1. The molecule has 1 saturated carbocycles. The zero-order valence-corrected chi connectivity index (χ0v) is 20.7. The maximum absolute atomic E-state index is 12.6. The number of amides is 1. The predicted molar refractivity (Wildman–Crippen MR) is 127 cm³/mol. The molecule has 7 nitrogen and oxygen atoms in total. The molecule has 33 heavy (non-hydrogen) atoms. The van der Waals surface area contributed by atoms with Gasteiger partial charge in [0.2, 0.25) is 5.91 Å². The second-order valence-corrected chi connectivity index (χ2v) is 10.4. The fourth-order valence-corrected chi connectivity index (χ4v) is 5.69. The largest absolute Gasteiger partial charge is 0.384 e. The van der Waals surface area contributed by atoms with E-state index in [0.29, 0.717) is 50.8 Å². The molecule has 2 aliphatic heterocycles. The number of aromatic nitrogens is 1. The van der Waals surface area contributed by atoms with Crippen molar-refractivity contribution in [1.82, 2.24) is 9.88 Å². The second kappa shape index (κ2) is 9.99. The number of ether oxygens (including phenoxy) is 2. The minimum absolute atomic E-state index is 0.0605. The molecule has 0 unspecified atom stereocenters. The quantitative estimate of drug-likeness (QED) is 0.671. The molecule has 1 aromatic rings. The Morgan fingerprint density at radius 3 is 2.67 bits per heavy atom. The maximum atomic E-state index is 12.6. The molecule has 4 rings (SSSR count). The van der Waals surface area contributed by atoms with Crippen molar-refractivity contribution in [3.63, 3.8) is 0 Å². The number of rotatable bonds is 5. The zero-order valence-electron chi connectivity index (χ0n) is 20.7. The van der Waals surface area contributed by atoms with Gasteiger partial charge in [-0.05, 0) is 39.2 Å². The summed E-state index contributed by atoms with van der Waals surface area (Å²) in [5, 5.41) is 10.2. The molecule has 2 fully saturated rings. The van der Waals surface area contributed by atoms with Crippen LogP contribution in [0.15, 0.2) is 0 Å². The zero-order chi connectivity index (χ0) is 23.6. The van der Waals surface area contributed by atoms with E-state index in [1.54, 1.807) is 7.11 Å². The van der Waals surface area contributed by atoms with Crippen molar-refractivity contribution in [2.45, 2.75) is 89.9 Å². The van der Waals surface area contributed by atoms with Gasteiger partial charge in [0.25, 0.3) is 0 Å². The molecule has 7 heteroatoms. The highest BCUT2D eigenvalue weighted by molar-refractivity contribution is 5.77. The van der Waals surface area contributed by atoms with E-state index < -0.39 is 0 Å². The van der Waals surface area contributed by atoms with Gasteiger partial charge in [0, 0.05) is 50.7 Å². The predicted octanol–water partition coefficient (Wildman–Crippen LogP) is 3.93. The van der Waals surface area contributed by atoms with Gasteiger partial charge in [0.05, 0.1) is 36.5 Å². The summed E-state index contributed by atoms with van der Waals surface area (Å²) in [6.07, 6.45) is 7.22. The molecule has 1 saturated heterocycles. The SMILES string of the molecule is COCCC(=O)N1CCN(c2nc(C3CCCCC3)c3c(c2C#N)CC(C)(C)OC3)C[C@H]1C. The molecule has 3 aliphatic rings. The number of nitriles is 1. The highest BCUT2D eigenvalue weighted by Crippen LogP contribution is 2.41. The van der Waals surface area contributed by atoms with Gasteiger partial charge in [-0.25, -0.2) is 4.98 Å². The van der Waals surface area contributed by atoms with Gasteiger partial charge in [-0.1, -0.05) is 19.3 Å². The Morgan fingerprint density at radius 1 is 1.24 bits per heavy atom. The molecule has 3 heterocycles. The lowest BCUT2D eigenvalue weighted by atomic mass is 9.81. The summed E-state index contributed by atoms with van der Waals surface area (Å²) in [4.78, 5) is 22.0. The molecular formula is C26H38N4O3. The first kappa shape index (κ1) is 24.0. The van der Waals surface area contributed by atoms with Gasteiger partial charge in [0.15, 0.2) is 0 Å². The molecule has 1 atom stereocenters. The van der Waals surface area contributed by atoms with E-state index in [0.717, 1.165) is 41.9 Å². The van der Waals surface area contributed by atoms with Crippen molar-refractivity contribution in [3.05, 3.63) is 22.4 Å². The number of carbonyl (C=O) groups excluding carboxylic acids is 1. The van der Waals surface area contributed by atoms with E-state index in [1.807, 2.05) is 4.90 Å². The molecule has 1 amide bonds. The van der Waals surface area contributed by atoms with Crippen LogP contribution in [-0.2, 0) is 27.3 Å². The Hall–Kier alpha value is -2.17. The summed E-state index contributed by atoms with van der Waals surface area (Å²) in [6.45, 7) is 9.28. The molecule has 0 N–H and O–H groups in total. The van der Waals surface area contributed by atoms with E-state index in [-0.39, 0.29) is 17.6 Å². The average Bonchev–Trinajstić information content (AvgIpc) is 2.81. The number of carbonyl (C=O) groups is 1. The van der Waals surface area contributed by atoms with E-state index in [9.17, 15) is 10.1 Å². The van der Waals surface area contributed by atoms with Crippen LogP contribution in [0.4, 0.5) is 5.82 Å². The van der Waals surface area contributed by atoms with Crippen LogP contribution < -0.4 is 4.90 Å². The van der Waals surface area contributed by atoms with Crippen LogP contribution in [-0.4, -0.2) is 60.8 Å². The first-order valence-electron chi connectivity index (χ1n) is 12.5. The van der Waals surface area contributed by atoms with Gasteiger partial charge in [-0.15, -0.1) is 0 Å². The minimum Gasteiger partial charge on any atom is -0.384 e. The van der Waals surface area contributed by atoms with Gasteiger partial charge >= 0.3 is 0 Å². The summed E-state index contributed by atoms with van der Waals surface area (Å²) in [5.74, 6) is 1.38. The third kappa shape index (κ3) is 5.02. The van der Waals surface area contributed by atoms with E-state index in [1.165, 1.54) is 19.3 Å². The fourth-order valence-electron chi connectivity index (χ4n) is 5.69. The number of hydrogen-bond acceptors (Lipinski definition) is 6. The van der Waals surface area contributed by atoms with Crippen LogP contribution in [0.2, 0.25) is 0 Å². The Kier molecular flexibility index (Phi) is 7.25. The van der Waals surface area contributed by atoms with Gasteiger partial charge < -0.3 is 19.3 Å². The van der Waals surface area contributed by atoms with Gasteiger partial charge in [0.1, 0.15) is 11.9 Å². The molecule has 0 bridgehead atoms. The average molecular weight is 455 g/mol. The third-order valence-corrected chi connectivity index (χ3v) is 7.51. The Morgan fingerprint density at radius 2 is 2.00 bits per heavy atom.